The van der Waals surface area contributed by atoms with E-state index in [9.17, 15) is 8.42 Å². The van der Waals surface area contributed by atoms with Gasteiger partial charge in [-0.25, -0.2) is 13.4 Å². The summed E-state index contributed by atoms with van der Waals surface area (Å²) < 4.78 is 27.7. The van der Waals surface area contributed by atoms with E-state index in [1.54, 1.807) is 30.3 Å². The molecule has 0 aliphatic rings. The molecule has 0 saturated heterocycles. The summed E-state index contributed by atoms with van der Waals surface area (Å²) in [7, 11) is -3.82. The molecule has 0 fully saturated rings. The van der Waals surface area contributed by atoms with Gasteiger partial charge in [0, 0.05) is 18.5 Å². The summed E-state index contributed by atoms with van der Waals surface area (Å²) in [6.45, 7) is 5.60. The minimum atomic E-state index is -3.82. The molecule has 0 N–H and O–H groups in total. The van der Waals surface area contributed by atoms with Crippen molar-refractivity contribution in [2.75, 3.05) is 18.0 Å². The topological polar surface area (TPSA) is 80.5 Å². The molecule has 27 heavy (non-hydrogen) atoms. The number of sulfone groups is 1. The largest absolute Gasteiger partial charge is 0.357 e. The van der Waals surface area contributed by atoms with Gasteiger partial charge in [-0.3, -0.25) is 0 Å². The third-order valence-corrected chi connectivity index (χ3v) is 6.24. The van der Waals surface area contributed by atoms with E-state index in [0.29, 0.717) is 0 Å². The Bertz CT molecular complexity index is 1220. The van der Waals surface area contributed by atoms with Crippen molar-refractivity contribution in [1.82, 2.24) is 19.8 Å². The highest BCUT2D eigenvalue weighted by atomic mass is 32.2. The number of rotatable bonds is 5. The highest BCUT2D eigenvalue weighted by Gasteiger charge is 2.27. The second kappa shape index (κ2) is 6.62. The summed E-state index contributed by atoms with van der Waals surface area (Å²) in [5.74, 6) is 0.731. The van der Waals surface area contributed by atoms with Crippen LogP contribution in [-0.4, -0.2) is 41.3 Å². The van der Waals surface area contributed by atoms with Gasteiger partial charge in [0.2, 0.25) is 14.9 Å². The van der Waals surface area contributed by atoms with Crippen molar-refractivity contribution in [3.8, 4) is 0 Å². The molecule has 2 aromatic heterocycles. The predicted octanol–water partition coefficient (Wildman–Crippen LogP) is 2.96. The van der Waals surface area contributed by atoms with Crippen LogP contribution in [0.1, 0.15) is 13.8 Å². The van der Waals surface area contributed by atoms with Gasteiger partial charge in [0.1, 0.15) is 5.82 Å². The molecule has 0 aliphatic heterocycles. The molecule has 4 rings (SSSR count). The van der Waals surface area contributed by atoms with Gasteiger partial charge in [0.05, 0.1) is 10.4 Å². The van der Waals surface area contributed by atoms with Crippen LogP contribution < -0.4 is 4.90 Å². The van der Waals surface area contributed by atoms with Crippen molar-refractivity contribution in [1.29, 1.82) is 0 Å². The Balaban J connectivity index is 2.06. The van der Waals surface area contributed by atoms with Crippen molar-refractivity contribution in [2.45, 2.75) is 23.8 Å². The van der Waals surface area contributed by atoms with E-state index >= 15 is 0 Å². The Labute approximate surface area is 157 Å². The number of benzene rings is 2. The van der Waals surface area contributed by atoms with E-state index in [0.717, 1.165) is 29.8 Å². The maximum atomic E-state index is 13.1. The molecular weight excluding hydrogens is 362 g/mol. The standard InChI is InChI=1S/C19H19N5O2S/c1-3-23(4-2)17-15-12-8-9-13-16(15)24-18(20-17)19(21-22-24)27(25,26)14-10-6-5-7-11-14/h5-13H,3-4H2,1-2H3. The fourth-order valence-corrected chi connectivity index (χ4v) is 4.43. The highest BCUT2D eigenvalue weighted by molar-refractivity contribution is 7.91. The molecule has 2 heterocycles. The SMILES string of the molecule is CCN(CC)c1nc2c(S(=O)(=O)c3ccccc3)nnn2c2ccccc12. The van der Waals surface area contributed by atoms with Crippen molar-refractivity contribution < 1.29 is 8.42 Å². The van der Waals surface area contributed by atoms with E-state index in [2.05, 4.69) is 20.2 Å². The summed E-state index contributed by atoms with van der Waals surface area (Å²) in [5, 5.41) is 8.86. The predicted molar refractivity (Wildman–Crippen MR) is 104 cm³/mol. The first-order chi connectivity index (χ1) is 13.1. The third-order valence-electron chi connectivity index (χ3n) is 4.57. The molecule has 0 unspecified atom stereocenters. The lowest BCUT2D eigenvalue weighted by Gasteiger charge is -2.21. The molecule has 0 radical (unpaired) electrons. The van der Waals surface area contributed by atoms with E-state index < -0.39 is 9.84 Å². The molecular formula is C19H19N5O2S. The van der Waals surface area contributed by atoms with Crippen LogP contribution in [-0.2, 0) is 9.84 Å². The summed E-state index contributed by atoms with van der Waals surface area (Å²) in [5.41, 5.74) is 1.01. The Kier molecular flexibility index (Phi) is 4.27. The lowest BCUT2D eigenvalue weighted by molar-refractivity contribution is 0.592. The van der Waals surface area contributed by atoms with E-state index in [4.69, 9.17) is 0 Å². The van der Waals surface area contributed by atoms with Gasteiger partial charge in [-0.1, -0.05) is 35.5 Å². The van der Waals surface area contributed by atoms with Crippen LogP contribution in [0.3, 0.4) is 0 Å². The van der Waals surface area contributed by atoms with Gasteiger partial charge < -0.3 is 4.90 Å². The fraction of sp³-hybridized carbons (Fsp3) is 0.211. The van der Waals surface area contributed by atoms with Crippen molar-refractivity contribution in [2.24, 2.45) is 0 Å². The van der Waals surface area contributed by atoms with Gasteiger partial charge in [0.15, 0.2) is 5.65 Å². The van der Waals surface area contributed by atoms with Gasteiger partial charge in [-0.2, -0.15) is 4.52 Å². The van der Waals surface area contributed by atoms with E-state index in [1.807, 2.05) is 38.1 Å². The van der Waals surface area contributed by atoms with Gasteiger partial charge >= 0.3 is 0 Å². The Morgan fingerprint density at radius 1 is 0.963 bits per heavy atom. The molecule has 8 heteroatoms. The van der Waals surface area contributed by atoms with Crippen LogP contribution in [0.25, 0.3) is 16.6 Å². The van der Waals surface area contributed by atoms with E-state index in [1.165, 1.54) is 4.52 Å². The first-order valence-corrected chi connectivity index (χ1v) is 10.3. The molecule has 7 nitrogen and oxygen atoms in total. The Morgan fingerprint density at radius 2 is 1.63 bits per heavy atom. The van der Waals surface area contributed by atoms with Crippen LogP contribution in [0.15, 0.2) is 64.5 Å². The van der Waals surface area contributed by atoms with Gasteiger partial charge in [-0.05, 0) is 38.1 Å². The normalized spacial score (nSPS) is 11.9. The van der Waals surface area contributed by atoms with Crippen molar-refractivity contribution in [3.63, 3.8) is 0 Å². The maximum Gasteiger partial charge on any atom is 0.229 e. The Morgan fingerprint density at radius 3 is 2.33 bits per heavy atom. The molecule has 0 amide bonds. The smallest absolute Gasteiger partial charge is 0.229 e. The van der Waals surface area contributed by atoms with Crippen LogP contribution in [0.5, 0.6) is 0 Å². The first-order valence-electron chi connectivity index (χ1n) is 8.77. The molecule has 0 aliphatic carbocycles. The number of para-hydroxylation sites is 1. The van der Waals surface area contributed by atoms with Crippen molar-refractivity contribution in [3.05, 3.63) is 54.6 Å². The molecule has 0 atom stereocenters. The second-order valence-electron chi connectivity index (χ2n) is 6.07. The second-order valence-corrected chi connectivity index (χ2v) is 7.94. The molecule has 0 bridgehead atoms. The summed E-state index contributed by atoms with van der Waals surface area (Å²) in [6, 6.07) is 15.9. The number of fused-ring (bicyclic) bond motifs is 3. The number of hydrogen-bond donors (Lipinski definition) is 0. The minimum Gasteiger partial charge on any atom is -0.357 e. The number of nitrogens with zero attached hydrogens (tertiary/aromatic N) is 5. The Hall–Kier alpha value is -3.00. The zero-order valence-corrected chi connectivity index (χ0v) is 15.9. The molecule has 138 valence electrons. The molecule has 0 saturated carbocycles. The number of aromatic nitrogens is 4. The monoisotopic (exact) mass is 381 g/mol. The average Bonchev–Trinajstić information content (AvgIpc) is 3.15. The van der Waals surface area contributed by atoms with Crippen LogP contribution >= 0.6 is 0 Å². The third kappa shape index (κ3) is 2.73. The summed E-state index contributed by atoms with van der Waals surface area (Å²) in [6.07, 6.45) is 0. The zero-order chi connectivity index (χ0) is 19.0. The summed E-state index contributed by atoms with van der Waals surface area (Å²) in [4.78, 5) is 6.95. The lowest BCUT2D eigenvalue weighted by Crippen LogP contribution is -2.23. The van der Waals surface area contributed by atoms with Crippen LogP contribution in [0, 0.1) is 0 Å². The van der Waals surface area contributed by atoms with Crippen LogP contribution in [0.2, 0.25) is 0 Å². The highest BCUT2D eigenvalue weighted by Crippen LogP contribution is 2.29. The zero-order valence-electron chi connectivity index (χ0n) is 15.1. The first kappa shape index (κ1) is 17.4. The van der Waals surface area contributed by atoms with E-state index in [-0.39, 0.29) is 15.6 Å². The summed E-state index contributed by atoms with van der Waals surface area (Å²) >= 11 is 0. The van der Waals surface area contributed by atoms with Crippen molar-refractivity contribution >= 4 is 32.2 Å². The van der Waals surface area contributed by atoms with Crippen LogP contribution in [0.4, 0.5) is 5.82 Å². The lowest BCUT2D eigenvalue weighted by atomic mass is 10.2. The van der Waals surface area contributed by atoms with Gasteiger partial charge in [0.25, 0.3) is 0 Å². The maximum absolute atomic E-state index is 13.1. The molecule has 4 aromatic rings. The number of anilines is 1. The molecule has 0 spiro atoms. The number of hydrogen-bond acceptors (Lipinski definition) is 6. The fourth-order valence-electron chi connectivity index (χ4n) is 3.18. The molecule has 2 aromatic carbocycles. The quantitative estimate of drug-likeness (QED) is 0.529. The average molecular weight is 381 g/mol. The van der Waals surface area contributed by atoms with Gasteiger partial charge in [-0.15, -0.1) is 5.10 Å². The minimum absolute atomic E-state index is 0.132.